The Morgan fingerprint density at radius 3 is 2.33 bits per heavy atom. The zero-order valence-corrected chi connectivity index (χ0v) is 15.6. The van der Waals surface area contributed by atoms with Gasteiger partial charge in [0, 0.05) is 5.69 Å². The maximum atomic E-state index is 12.6. The third-order valence-electron chi connectivity index (χ3n) is 4.03. The molecule has 2 aromatic rings. The van der Waals surface area contributed by atoms with Gasteiger partial charge in [0.1, 0.15) is 5.75 Å². The Bertz CT molecular complexity index is 851. The molecule has 0 aromatic heterocycles. The standard InChI is InChI=1S/C19H18N2O5S/c1-25-15-9-7-14(8-10-15)20-16-17(22)21(19(24)27-16)11-12-3-5-13(6-4-12)18(23)26-2/h3-10,16,20H,11H2,1-2H3/t16-/m0/s1. The van der Waals surface area contributed by atoms with Gasteiger partial charge in [-0.1, -0.05) is 12.1 Å². The fourth-order valence-electron chi connectivity index (χ4n) is 2.57. The van der Waals surface area contributed by atoms with Crippen molar-refractivity contribution in [1.29, 1.82) is 0 Å². The van der Waals surface area contributed by atoms with Gasteiger partial charge in [0.2, 0.25) is 0 Å². The molecule has 7 nitrogen and oxygen atoms in total. The lowest BCUT2D eigenvalue weighted by atomic mass is 10.1. The highest BCUT2D eigenvalue weighted by atomic mass is 32.2. The monoisotopic (exact) mass is 386 g/mol. The zero-order valence-electron chi connectivity index (χ0n) is 14.8. The summed E-state index contributed by atoms with van der Waals surface area (Å²) in [6.45, 7) is 0.146. The van der Waals surface area contributed by atoms with Gasteiger partial charge < -0.3 is 14.8 Å². The number of hydrogen-bond acceptors (Lipinski definition) is 7. The molecule has 0 spiro atoms. The van der Waals surface area contributed by atoms with E-state index in [9.17, 15) is 14.4 Å². The first kappa shape index (κ1) is 18.8. The van der Waals surface area contributed by atoms with Gasteiger partial charge >= 0.3 is 5.97 Å². The van der Waals surface area contributed by atoms with Crippen LogP contribution in [0.25, 0.3) is 0 Å². The number of imide groups is 1. The Kier molecular flexibility index (Phi) is 5.66. The van der Waals surface area contributed by atoms with Crippen LogP contribution in [0.15, 0.2) is 48.5 Å². The number of rotatable bonds is 6. The summed E-state index contributed by atoms with van der Waals surface area (Å²) in [4.78, 5) is 37.5. The predicted octanol–water partition coefficient (Wildman–Crippen LogP) is 3.12. The lowest BCUT2D eigenvalue weighted by Gasteiger charge is -2.15. The zero-order chi connectivity index (χ0) is 19.4. The summed E-state index contributed by atoms with van der Waals surface area (Å²) in [6.07, 6.45) is 0. The molecular weight excluding hydrogens is 368 g/mol. The second-order valence-corrected chi connectivity index (χ2v) is 6.81. The van der Waals surface area contributed by atoms with E-state index in [1.807, 2.05) is 0 Å². The van der Waals surface area contributed by atoms with Gasteiger partial charge in [-0.2, -0.15) is 0 Å². The highest BCUT2D eigenvalue weighted by Crippen LogP contribution is 2.30. The number of nitrogens with one attached hydrogen (secondary N) is 1. The van der Waals surface area contributed by atoms with E-state index in [4.69, 9.17) is 4.74 Å². The van der Waals surface area contributed by atoms with Crippen molar-refractivity contribution in [2.24, 2.45) is 0 Å². The molecule has 2 amide bonds. The van der Waals surface area contributed by atoms with Crippen molar-refractivity contribution in [3.8, 4) is 5.75 Å². The Morgan fingerprint density at radius 1 is 1.07 bits per heavy atom. The van der Waals surface area contributed by atoms with E-state index in [-0.39, 0.29) is 17.7 Å². The molecule has 1 aliphatic rings. The van der Waals surface area contributed by atoms with Crippen LogP contribution in [0.1, 0.15) is 15.9 Å². The maximum absolute atomic E-state index is 12.6. The van der Waals surface area contributed by atoms with E-state index in [0.29, 0.717) is 11.3 Å². The number of esters is 1. The molecule has 1 fully saturated rings. The van der Waals surface area contributed by atoms with Crippen LogP contribution in [-0.4, -0.2) is 41.6 Å². The second kappa shape index (κ2) is 8.13. The Balaban J connectivity index is 1.65. The Labute approximate surface area is 160 Å². The smallest absolute Gasteiger partial charge is 0.337 e. The van der Waals surface area contributed by atoms with E-state index < -0.39 is 11.3 Å². The molecule has 1 heterocycles. The van der Waals surface area contributed by atoms with Crippen molar-refractivity contribution < 1.29 is 23.9 Å². The van der Waals surface area contributed by atoms with E-state index in [0.717, 1.165) is 23.0 Å². The van der Waals surface area contributed by atoms with Crippen molar-refractivity contribution >= 4 is 34.6 Å². The number of thioether (sulfide) groups is 1. The molecule has 3 rings (SSSR count). The fourth-order valence-corrected chi connectivity index (χ4v) is 3.47. The molecule has 1 atom stereocenters. The minimum atomic E-state index is -0.680. The minimum absolute atomic E-state index is 0.146. The molecule has 1 N–H and O–H groups in total. The number of carbonyl (C=O) groups excluding carboxylic acids is 3. The molecule has 140 valence electrons. The molecule has 0 radical (unpaired) electrons. The van der Waals surface area contributed by atoms with Gasteiger partial charge in [-0.05, 0) is 53.7 Å². The minimum Gasteiger partial charge on any atom is -0.497 e. The number of ether oxygens (including phenoxy) is 2. The third-order valence-corrected chi connectivity index (χ3v) is 5.01. The highest BCUT2D eigenvalue weighted by molar-refractivity contribution is 8.15. The topological polar surface area (TPSA) is 84.9 Å². The largest absolute Gasteiger partial charge is 0.497 e. The first-order chi connectivity index (χ1) is 13.0. The van der Waals surface area contributed by atoms with E-state index >= 15 is 0 Å². The van der Waals surface area contributed by atoms with Crippen LogP contribution < -0.4 is 10.1 Å². The molecule has 0 unspecified atom stereocenters. The third kappa shape index (κ3) is 4.22. The number of carbonyl (C=O) groups is 3. The molecule has 0 saturated carbocycles. The van der Waals surface area contributed by atoms with Gasteiger partial charge in [0.15, 0.2) is 5.37 Å². The van der Waals surface area contributed by atoms with Crippen molar-refractivity contribution in [2.75, 3.05) is 19.5 Å². The number of amides is 2. The van der Waals surface area contributed by atoms with Gasteiger partial charge in [0.05, 0.1) is 26.3 Å². The van der Waals surface area contributed by atoms with Gasteiger partial charge in [-0.25, -0.2) is 4.79 Å². The molecular formula is C19H18N2O5S. The van der Waals surface area contributed by atoms with Crippen LogP contribution in [0, 0.1) is 0 Å². The number of benzene rings is 2. The second-order valence-electron chi connectivity index (χ2n) is 5.75. The van der Waals surface area contributed by atoms with Gasteiger partial charge in [-0.3, -0.25) is 14.5 Å². The van der Waals surface area contributed by atoms with Crippen LogP contribution in [0.2, 0.25) is 0 Å². The van der Waals surface area contributed by atoms with Crippen LogP contribution in [0.5, 0.6) is 5.75 Å². The first-order valence-corrected chi connectivity index (χ1v) is 8.99. The van der Waals surface area contributed by atoms with Gasteiger partial charge in [-0.15, -0.1) is 0 Å². The van der Waals surface area contributed by atoms with Crippen LogP contribution in [0.4, 0.5) is 10.5 Å². The highest BCUT2D eigenvalue weighted by Gasteiger charge is 2.39. The van der Waals surface area contributed by atoms with Crippen molar-refractivity contribution in [3.63, 3.8) is 0 Å². The molecule has 8 heteroatoms. The number of methoxy groups -OCH3 is 2. The van der Waals surface area contributed by atoms with Crippen LogP contribution >= 0.6 is 11.8 Å². The first-order valence-electron chi connectivity index (χ1n) is 8.11. The Hall–Kier alpha value is -3.00. The molecule has 1 aliphatic heterocycles. The predicted molar refractivity (Wildman–Crippen MR) is 102 cm³/mol. The van der Waals surface area contributed by atoms with Crippen molar-refractivity contribution in [1.82, 2.24) is 4.90 Å². The molecule has 0 aliphatic carbocycles. The summed E-state index contributed by atoms with van der Waals surface area (Å²) in [5, 5.41) is 2.06. The summed E-state index contributed by atoms with van der Waals surface area (Å²) < 4.78 is 9.75. The summed E-state index contributed by atoms with van der Waals surface area (Å²) in [7, 11) is 2.89. The van der Waals surface area contributed by atoms with Crippen LogP contribution in [0.3, 0.4) is 0 Å². The molecule has 27 heavy (non-hydrogen) atoms. The SMILES string of the molecule is COC(=O)c1ccc(CN2C(=O)S[C@H](Nc3ccc(OC)cc3)C2=O)cc1. The van der Waals surface area contributed by atoms with Gasteiger partial charge in [0.25, 0.3) is 11.1 Å². The fraction of sp³-hybridized carbons (Fsp3) is 0.211. The Morgan fingerprint density at radius 2 is 1.74 bits per heavy atom. The lowest BCUT2D eigenvalue weighted by molar-refractivity contribution is -0.126. The number of anilines is 1. The van der Waals surface area contributed by atoms with Crippen molar-refractivity contribution in [2.45, 2.75) is 11.9 Å². The summed E-state index contributed by atoms with van der Waals surface area (Å²) in [6, 6.07) is 13.7. The summed E-state index contributed by atoms with van der Waals surface area (Å²) in [5.41, 5.74) is 1.88. The average Bonchev–Trinajstić information content (AvgIpc) is 2.96. The quantitative estimate of drug-likeness (QED) is 0.764. The average molecular weight is 386 g/mol. The number of nitrogens with zero attached hydrogens (tertiary/aromatic N) is 1. The lowest BCUT2D eigenvalue weighted by Crippen LogP contribution is -2.33. The summed E-state index contributed by atoms with van der Waals surface area (Å²) >= 11 is 0.938. The maximum Gasteiger partial charge on any atom is 0.337 e. The van der Waals surface area contributed by atoms with E-state index in [1.54, 1.807) is 55.6 Å². The normalized spacial score (nSPS) is 16.4. The van der Waals surface area contributed by atoms with Crippen LogP contribution in [-0.2, 0) is 16.1 Å². The summed E-state index contributed by atoms with van der Waals surface area (Å²) in [5.74, 6) is -0.0360. The van der Waals surface area contributed by atoms with E-state index in [1.165, 1.54) is 12.0 Å². The molecule has 2 aromatic carbocycles. The molecule has 0 bridgehead atoms. The van der Waals surface area contributed by atoms with E-state index in [2.05, 4.69) is 10.1 Å². The number of hydrogen-bond donors (Lipinski definition) is 1. The molecule has 1 saturated heterocycles. The van der Waals surface area contributed by atoms with Crippen molar-refractivity contribution in [3.05, 3.63) is 59.7 Å².